The fourth-order valence-corrected chi connectivity index (χ4v) is 3.99. The fraction of sp³-hybridized carbons (Fsp3) is 0.316. The standard InChI is InChI=1S/C19H21NO2S/c1-13-11-15-7-4-5-10-18(15)20(13)19(21)14(2)23-17-9-6-8-16(12-17)22-3/h4-10,12-14H,11H2,1-3H3. The summed E-state index contributed by atoms with van der Waals surface area (Å²) in [6.07, 6.45) is 0.929. The zero-order chi connectivity index (χ0) is 16.4. The van der Waals surface area contributed by atoms with Gasteiger partial charge in [-0.2, -0.15) is 0 Å². The van der Waals surface area contributed by atoms with Gasteiger partial charge < -0.3 is 9.64 Å². The maximum atomic E-state index is 13.0. The zero-order valence-electron chi connectivity index (χ0n) is 13.7. The van der Waals surface area contributed by atoms with Crippen LogP contribution in [-0.4, -0.2) is 24.3 Å². The number of carbonyl (C=O) groups is 1. The van der Waals surface area contributed by atoms with Crippen LogP contribution < -0.4 is 9.64 Å². The molecule has 0 radical (unpaired) electrons. The van der Waals surface area contributed by atoms with E-state index in [0.717, 1.165) is 22.8 Å². The minimum absolute atomic E-state index is 0.143. The molecule has 23 heavy (non-hydrogen) atoms. The molecular weight excluding hydrogens is 306 g/mol. The van der Waals surface area contributed by atoms with E-state index in [9.17, 15) is 4.79 Å². The van der Waals surface area contributed by atoms with E-state index in [-0.39, 0.29) is 17.2 Å². The molecule has 0 N–H and O–H groups in total. The number of para-hydroxylation sites is 1. The molecule has 2 atom stereocenters. The van der Waals surface area contributed by atoms with Crippen LogP contribution in [0.5, 0.6) is 5.75 Å². The predicted molar refractivity (Wildman–Crippen MR) is 95.4 cm³/mol. The van der Waals surface area contributed by atoms with Crippen molar-refractivity contribution in [3.63, 3.8) is 0 Å². The summed E-state index contributed by atoms with van der Waals surface area (Å²) in [7, 11) is 1.65. The summed E-state index contributed by atoms with van der Waals surface area (Å²) in [6.45, 7) is 4.08. The minimum Gasteiger partial charge on any atom is -0.497 e. The molecule has 0 bridgehead atoms. The van der Waals surface area contributed by atoms with E-state index in [1.54, 1.807) is 18.9 Å². The first kappa shape index (κ1) is 15.9. The van der Waals surface area contributed by atoms with Gasteiger partial charge in [-0.15, -0.1) is 11.8 Å². The molecule has 1 heterocycles. The number of anilines is 1. The fourth-order valence-electron chi connectivity index (χ4n) is 3.03. The molecule has 1 amide bonds. The Hall–Kier alpha value is -1.94. The normalized spacial score (nSPS) is 17.7. The molecule has 2 aromatic rings. The van der Waals surface area contributed by atoms with Gasteiger partial charge in [0, 0.05) is 16.6 Å². The minimum atomic E-state index is -0.143. The molecule has 1 aliphatic heterocycles. The van der Waals surface area contributed by atoms with Crippen LogP contribution >= 0.6 is 11.8 Å². The number of amides is 1. The van der Waals surface area contributed by atoms with Crippen molar-refractivity contribution in [2.75, 3.05) is 12.0 Å². The predicted octanol–water partition coefficient (Wildman–Crippen LogP) is 4.15. The molecule has 0 saturated carbocycles. The Kier molecular flexibility index (Phi) is 4.62. The Bertz CT molecular complexity index is 716. The summed E-state index contributed by atoms with van der Waals surface area (Å²) < 4.78 is 5.25. The van der Waals surface area contributed by atoms with E-state index in [1.807, 2.05) is 54.3 Å². The summed E-state index contributed by atoms with van der Waals surface area (Å²) in [5.74, 6) is 0.977. The molecule has 0 aliphatic carbocycles. The number of methoxy groups -OCH3 is 1. The van der Waals surface area contributed by atoms with Gasteiger partial charge in [0.05, 0.1) is 12.4 Å². The lowest BCUT2D eigenvalue weighted by Gasteiger charge is -2.26. The number of rotatable bonds is 4. The molecule has 0 spiro atoms. The lowest BCUT2D eigenvalue weighted by molar-refractivity contribution is -0.118. The number of hydrogen-bond donors (Lipinski definition) is 0. The first-order chi connectivity index (χ1) is 11.1. The molecule has 3 rings (SSSR count). The van der Waals surface area contributed by atoms with Crippen molar-refractivity contribution in [3.05, 3.63) is 54.1 Å². The third kappa shape index (κ3) is 3.22. The van der Waals surface area contributed by atoms with Gasteiger partial charge in [-0.3, -0.25) is 4.79 Å². The van der Waals surface area contributed by atoms with Crippen molar-refractivity contribution in [3.8, 4) is 5.75 Å². The van der Waals surface area contributed by atoms with Crippen LogP contribution in [0.1, 0.15) is 19.4 Å². The maximum absolute atomic E-state index is 13.0. The quantitative estimate of drug-likeness (QED) is 0.790. The third-order valence-corrected chi connectivity index (χ3v) is 5.23. The van der Waals surface area contributed by atoms with Crippen LogP contribution in [0.4, 0.5) is 5.69 Å². The lowest BCUT2D eigenvalue weighted by Crippen LogP contribution is -2.40. The van der Waals surface area contributed by atoms with E-state index in [4.69, 9.17) is 4.74 Å². The number of hydrogen-bond acceptors (Lipinski definition) is 3. The number of thioether (sulfide) groups is 1. The van der Waals surface area contributed by atoms with Gasteiger partial charge in [-0.1, -0.05) is 24.3 Å². The first-order valence-electron chi connectivity index (χ1n) is 7.82. The molecule has 0 aromatic heterocycles. The van der Waals surface area contributed by atoms with Crippen LogP contribution in [-0.2, 0) is 11.2 Å². The van der Waals surface area contributed by atoms with Gasteiger partial charge in [0.15, 0.2) is 0 Å². The Morgan fingerprint density at radius 3 is 2.83 bits per heavy atom. The van der Waals surface area contributed by atoms with Gasteiger partial charge >= 0.3 is 0 Å². The van der Waals surface area contributed by atoms with E-state index in [0.29, 0.717) is 0 Å². The van der Waals surface area contributed by atoms with Crippen LogP contribution in [0, 0.1) is 0 Å². The number of benzene rings is 2. The Morgan fingerprint density at radius 2 is 2.04 bits per heavy atom. The van der Waals surface area contributed by atoms with Gasteiger partial charge in [0.2, 0.25) is 5.91 Å². The summed E-state index contributed by atoms with van der Waals surface area (Å²) in [5.41, 5.74) is 2.31. The molecule has 120 valence electrons. The molecule has 0 saturated heterocycles. The topological polar surface area (TPSA) is 29.5 Å². The van der Waals surface area contributed by atoms with Gasteiger partial charge in [-0.05, 0) is 50.1 Å². The van der Waals surface area contributed by atoms with Gasteiger partial charge in [0.25, 0.3) is 0 Å². The average Bonchev–Trinajstić information content (AvgIpc) is 2.90. The van der Waals surface area contributed by atoms with E-state index < -0.39 is 0 Å². The van der Waals surface area contributed by atoms with Crippen LogP contribution in [0.15, 0.2) is 53.4 Å². The highest BCUT2D eigenvalue weighted by Crippen LogP contribution is 2.35. The summed E-state index contributed by atoms with van der Waals surface area (Å²) in [6, 6.07) is 16.2. The van der Waals surface area contributed by atoms with Gasteiger partial charge in [0.1, 0.15) is 5.75 Å². The number of carbonyl (C=O) groups excluding carboxylic acids is 1. The molecule has 0 fully saturated rings. The van der Waals surface area contributed by atoms with Crippen molar-refractivity contribution in [2.24, 2.45) is 0 Å². The molecule has 4 heteroatoms. The smallest absolute Gasteiger partial charge is 0.240 e. The van der Waals surface area contributed by atoms with Crippen molar-refractivity contribution >= 4 is 23.4 Å². The highest BCUT2D eigenvalue weighted by Gasteiger charge is 2.33. The Morgan fingerprint density at radius 1 is 1.26 bits per heavy atom. The van der Waals surface area contributed by atoms with Crippen LogP contribution in [0.3, 0.4) is 0 Å². The largest absolute Gasteiger partial charge is 0.497 e. The second-order valence-electron chi connectivity index (χ2n) is 5.83. The first-order valence-corrected chi connectivity index (χ1v) is 8.70. The highest BCUT2D eigenvalue weighted by atomic mass is 32.2. The van der Waals surface area contributed by atoms with E-state index >= 15 is 0 Å². The van der Waals surface area contributed by atoms with E-state index in [2.05, 4.69) is 13.0 Å². The van der Waals surface area contributed by atoms with Crippen LogP contribution in [0.25, 0.3) is 0 Å². The SMILES string of the molecule is COc1cccc(SC(C)C(=O)N2c3ccccc3CC2C)c1. The molecule has 2 unspecified atom stereocenters. The van der Waals surface area contributed by atoms with E-state index in [1.165, 1.54) is 5.56 Å². The highest BCUT2D eigenvalue weighted by molar-refractivity contribution is 8.00. The van der Waals surface area contributed by atoms with Gasteiger partial charge in [-0.25, -0.2) is 0 Å². The lowest BCUT2D eigenvalue weighted by atomic mass is 10.1. The van der Waals surface area contributed by atoms with Crippen molar-refractivity contribution in [1.29, 1.82) is 0 Å². The second kappa shape index (κ2) is 6.67. The number of ether oxygens (including phenoxy) is 1. The summed E-state index contributed by atoms with van der Waals surface area (Å²) >= 11 is 1.57. The maximum Gasteiger partial charge on any atom is 0.240 e. The summed E-state index contributed by atoms with van der Waals surface area (Å²) in [5, 5.41) is -0.143. The Labute approximate surface area is 141 Å². The van der Waals surface area contributed by atoms with Crippen molar-refractivity contribution in [1.82, 2.24) is 0 Å². The Balaban J connectivity index is 1.77. The third-order valence-electron chi connectivity index (χ3n) is 4.15. The molecule has 3 nitrogen and oxygen atoms in total. The number of nitrogens with zero attached hydrogens (tertiary/aromatic N) is 1. The molecule has 1 aliphatic rings. The van der Waals surface area contributed by atoms with Crippen molar-refractivity contribution in [2.45, 2.75) is 36.5 Å². The second-order valence-corrected chi connectivity index (χ2v) is 7.24. The molecule has 2 aromatic carbocycles. The average molecular weight is 327 g/mol. The molecular formula is C19H21NO2S. The zero-order valence-corrected chi connectivity index (χ0v) is 14.5. The monoisotopic (exact) mass is 327 g/mol. The number of fused-ring (bicyclic) bond motifs is 1. The van der Waals surface area contributed by atoms with Crippen molar-refractivity contribution < 1.29 is 9.53 Å². The van der Waals surface area contributed by atoms with Crippen LogP contribution in [0.2, 0.25) is 0 Å². The summed E-state index contributed by atoms with van der Waals surface area (Å²) in [4.78, 5) is 15.9.